The Labute approximate surface area is 186 Å². The van der Waals surface area contributed by atoms with Gasteiger partial charge < -0.3 is 10.2 Å². The van der Waals surface area contributed by atoms with Gasteiger partial charge in [-0.15, -0.1) is 0 Å². The Bertz CT molecular complexity index is 863. The summed E-state index contributed by atoms with van der Waals surface area (Å²) in [6, 6.07) is 0. The summed E-state index contributed by atoms with van der Waals surface area (Å²) in [5, 5.41) is 23.0. The quantitative estimate of drug-likeness (QED) is 0.627. The molecule has 2 N–H and O–H groups in total. The monoisotopic (exact) mass is 422 g/mol. The molecular weight excluding hydrogens is 384 g/mol. The highest BCUT2D eigenvalue weighted by molar-refractivity contribution is 6.07. The van der Waals surface area contributed by atoms with E-state index < -0.39 is 5.60 Å². The van der Waals surface area contributed by atoms with Crippen molar-refractivity contribution in [1.29, 1.82) is 0 Å². The fraction of sp³-hybridized carbons (Fsp3) is 0.821. The van der Waals surface area contributed by atoms with Gasteiger partial charge in [-0.05, 0) is 141 Å². The minimum Gasteiger partial charge on any atom is -0.393 e. The third-order valence-corrected chi connectivity index (χ3v) is 11.8. The molecule has 3 nitrogen and oxygen atoms in total. The molecule has 0 heterocycles. The van der Waals surface area contributed by atoms with Crippen LogP contribution in [0.3, 0.4) is 0 Å². The van der Waals surface area contributed by atoms with Gasteiger partial charge in [0, 0.05) is 5.57 Å². The number of allylic oxidation sites excluding steroid dienone is 2. The van der Waals surface area contributed by atoms with Crippen molar-refractivity contribution in [1.82, 2.24) is 0 Å². The summed E-state index contributed by atoms with van der Waals surface area (Å²) in [7, 11) is 0. The molecule has 7 saturated carbocycles. The van der Waals surface area contributed by atoms with Crippen molar-refractivity contribution in [3.05, 3.63) is 23.3 Å². The number of carbonyl (C=O) groups excluding carboxylic acids is 1. The molecule has 0 aliphatic heterocycles. The molecular formula is C28H38O3. The lowest BCUT2D eigenvalue weighted by atomic mass is 9.46. The fourth-order valence-electron chi connectivity index (χ4n) is 10.7. The Morgan fingerprint density at radius 1 is 0.935 bits per heavy atom. The summed E-state index contributed by atoms with van der Waals surface area (Å²) >= 11 is 0. The molecule has 0 aromatic heterocycles. The molecule has 8 aliphatic carbocycles. The third-order valence-electron chi connectivity index (χ3n) is 11.8. The lowest BCUT2D eigenvalue weighted by Gasteiger charge is -2.59. The number of fused-ring (bicyclic) bond motifs is 5. The van der Waals surface area contributed by atoms with Crippen molar-refractivity contribution in [2.24, 2.45) is 46.3 Å². The first kappa shape index (κ1) is 19.5. The SMILES string of the molecule is C[C@]12CCC3C(CCC4=CC(=O)C(C56CC7CC(CC(C7)C5)C6)=C[C@@]43O)C1CC[C@@H]2O. The van der Waals surface area contributed by atoms with Gasteiger partial charge in [0.1, 0.15) is 5.60 Å². The van der Waals surface area contributed by atoms with Crippen molar-refractivity contribution in [3.8, 4) is 0 Å². The molecule has 0 aromatic carbocycles. The Morgan fingerprint density at radius 3 is 2.29 bits per heavy atom. The van der Waals surface area contributed by atoms with E-state index in [1.807, 2.05) is 6.08 Å². The van der Waals surface area contributed by atoms with E-state index in [0.29, 0.717) is 11.8 Å². The Kier molecular flexibility index (Phi) is 3.87. The van der Waals surface area contributed by atoms with Crippen LogP contribution in [0.15, 0.2) is 23.3 Å². The van der Waals surface area contributed by atoms with Gasteiger partial charge >= 0.3 is 0 Å². The van der Waals surface area contributed by atoms with Crippen LogP contribution in [0.2, 0.25) is 0 Å². The Balaban J connectivity index is 1.28. The number of hydrogen-bond donors (Lipinski definition) is 2. The van der Waals surface area contributed by atoms with Gasteiger partial charge in [0.2, 0.25) is 0 Å². The highest BCUT2D eigenvalue weighted by Crippen LogP contribution is 2.66. The van der Waals surface area contributed by atoms with Crippen LogP contribution in [0.4, 0.5) is 0 Å². The second-order valence-electron chi connectivity index (χ2n) is 13.2. The van der Waals surface area contributed by atoms with Crippen LogP contribution in [0.25, 0.3) is 0 Å². The topological polar surface area (TPSA) is 57.5 Å². The van der Waals surface area contributed by atoms with Crippen LogP contribution in [-0.4, -0.2) is 27.7 Å². The maximum absolute atomic E-state index is 13.5. The molecule has 7 fully saturated rings. The summed E-state index contributed by atoms with van der Waals surface area (Å²) in [6.07, 6.45) is 17.4. The lowest BCUT2D eigenvalue weighted by Crippen LogP contribution is -2.56. The molecule has 0 saturated heterocycles. The van der Waals surface area contributed by atoms with Crippen molar-refractivity contribution in [2.45, 2.75) is 95.7 Å². The summed E-state index contributed by atoms with van der Waals surface area (Å²) in [6.45, 7) is 2.29. The van der Waals surface area contributed by atoms with Crippen molar-refractivity contribution >= 4 is 5.78 Å². The van der Waals surface area contributed by atoms with Gasteiger partial charge in [0.25, 0.3) is 0 Å². The van der Waals surface area contributed by atoms with Crippen LogP contribution >= 0.6 is 0 Å². The van der Waals surface area contributed by atoms with E-state index in [2.05, 4.69) is 13.0 Å². The average molecular weight is 423 g/mol. The maximum atomic E-state index is 13.5. The molecule has 8 rings (SSSR count). The van der Waals surface area contributed by atoms with E-state index in [1.54, 1.807) is 0 Å². The lowest BCUT2D eigenvalue weighted by molar-refractivity contribution is -0.118. The first-order chi connectivity index (χ1) is 14.8. The molecule has 31 heavy (non-hydrogen) atoms. The van der Waals surface area contributed by atoms with Crippen LogP contribution in [0, 0.1) is 46.3 Å². The third kappa shape index (κ3) is 2.46. The summed E-state index contributed by atoms with van der Waals surface area (Å²) in [5.74, 6) is 3.82. The van der Waals surface area contributed by atoms with Gasteiger partial charge in [-0.2, -0.15) is 0 Å². The van der Waals surface area contributed by atoms with Gasteiger partial charge in [-0.1, -0.05) is 6.92 Å². The van der Waals surface area contributed by atoms with Gasteiger partial charge in [0.15, 0.2) is 5.78 Å². The number of carbonyl (C=O) groups is 1. The molecule has 0 spiro atoms. The predicted molar refractivity (Wildman–Crippen MR) is 119 cm³/mol. The molecule has 3 unspecified atom stereocenters. The van der Waals surface area contributed by atoms with E-state index in [4.69, 9.17) is 0 Å². The Hall–Kier alpha value is -0.930. The molecule has 0 amide bonds. The van der Waals surface area contributed by atoms with E-state index >= 15 is 0 Å². The van der Waals surface area contributed by atoms with E-state index in [0.717, 1.165) is 67.4 Å². The first-order valence-electron chi connectivity index (χ1n) is 13.2. The zero-order chi connectivity index (χ0) is 21.2. The molecule has 0 radical (unpaired) electrons. The van der Waals surface area contributed by atoms with E-state index in [1.165, 1.54) is 38.5 Å². The second-order valence-corrected chi connectivity index (χ2v) is 13.2. The van der Waals surface area contributed by atoms with Gasteiger partial charge in [-0.3, -0.25) is 4.79 Å². The number of aliphatic hydroxyl groups is 2. The van der Waals surface area contributed by atoms with Crippen LogP contribution in [-0.2, 0) is 4.79 Å². The zero-order valence-corrected chi connectivity index (χ0v) is 19.0. The minimum atomic E-state index is -0.926. The Morgan fingerprint density at radius 2 is 1.61 bits per heavy atom. The predicted octanol–water partition coefficient (Wildman–Crippen LogP) is 4.97. The molecule has 6 atom stereocenters. The molecule has 4 bridgehead atoms. The molecule has 0 aromatic rings. The number of aliphatic hydroxyl groups excluding tert-OH is 1. The molecule has 168 valence electrons. The van der Waals surface area contributed by atoms with Crippen molar-refractivity contribution in [2.75, 3.05) is 0 Å². The maximum Gasteiger partial charge on any atom is 0.182 e. The first-order valence-corrected chi connectivity index (χ1v) is 13.2. The highest BCUT2D eigenvalue weighted by atomic mass is 16.3. The molecule has 3 heteroatoms. The number of rotatable bonds is 1. The van der Waals surface area contributed by atoms with Crippen molar-refractivity contribution < 1.29 is 15.0 Å². The summed E-state index contributed by atoms with van der Waals surface area (Å²) < 4.78 is 0. The zero-order valence-electron chi connectivity index (χ0n) is 19.0. The fourth-order valence-corrected chi connectivity index (χ4v) is 10.7. The van der Waals surface area contributed by atoms with Gasteiger partial charge in [0.05, 0.1) is 6.10 Å². The smallest absolute Gasteiger partial charge is 0.182 e. The summed E-state index contributed by atoms with van der Waals surface area (Å²) in [4.78, 5) is 13.5. The van der Waals surface area contributed by atoms with Crippen LogP contribution < -0.4 is 0 Å². The molecule has 8 aliphatic rings. The van der Waals surface area contributed by atoms with Gasteiger partial charge in [-0.25, -0.2) is 0 Å². The standard InChI is InChI=1S/C28H38O3/c1-26-7-6-22-20(21(26)4-5-25(26)30)3-2-19-11-24(29)23(15-28(19,22)31)27-12-16-8-17(13-27)10-18(9-16)14-27/h11,15-18,20-22,25,30-31H,2-10,12-14H2,1H3/t16?,17?,18?,20?,21?,22?,25-,26-,27?,28+/m0/s1. The van der Waals surface area contributed by atoms with Crippen LogP contribution in [0.1, 0.15) is 84.0 Å². The highest BCUT2D eigenvalue weighted by Gasteiger charge is 2.61. The van der Waals surface area contributed by atoms with E-state index in [9.17, 15) is 15.0 Å². The second kappa shape index (κ2) is 6.14. The normalized spacial score (nSPS) is 57.1. The average Bonchev–Trinajstić information content (AvgIpc) is 3.02. The largest absolute Gasteiger partial charge is 0.393 e. The van der Waals surface area contributed by atoms with Crippen LogP contribution in [0.5, 0.6) is 0 Å². The number of hydrogen-bond acceptors (Lipinski definition) is 3. The minimum absolute atomic E-state index is 0.0235. The van der Waals surface area contributed by atoms with E-state index in [-0.39, 0.29) is 28.6 Å². The summed E-state index contributed by atoms with van der Waals surface area (Å²) in [5.41, 5.74) is 1.14. The van der Waals surface area contributed by atoms with Crippen molar-refractivity contribution in [3.63, 3.8) is 0 Å². The number of ketones is 1.